The summed E-state index contributed by atoms with van der Waals surface area (Å²) < 4.78 is 15.7. The summed E-state index contributed by atoms with van der Waals surface area (Å²) in [5.74, 6) is -0.282. The quantitative estimate of drug-likeness (QED) is 0.677. The molecule has 0 saturated carbocycles. The molecule has 0 radical (unpaired) electrons. The Hall–Kier alpha value is -2.28. The molecule has 1 rings (SSSR count). The van der Waals surface area contributed by atoms with E-state index in [1.54, 1.807) is 12.1 Å². The van der Waals surface area contributed by atoms with Crippen molar-refractivity contribution in [2.45, 2.75) is 26.3 Å². The summed E-state index contributed by atoms with van der Waals surface area (Å²) in [6.45, 7) is 4.82. The molecule has 0 spiro atoms. The van der Waals surface area contributed by atoms with Crippen molar-refractivity contribution in [1.29, 1.82) is 0 Å². The minimum Gasteiger partial charge on any atom is -0.493 e. The van der Waals surface area contributed by atoms with Crippen molar-refractivity contribution in [3.05, 3.63) is 23.8 Å². The highest BCUT2D eigenvalue weighted by Crippen LogP contribution is 2.28. The van der Waals surface area contributed by atoms with Gasteiger partial charge in [0.25, 0.3) is 5.91 Å². The Morgan fingerprint density at radius 2 is 1.92 bits per heavy atom. The van der Waals surface area contributed by atoms with Crippen molar-refractivity contribution in [3.8, 4) is 11.5 Å². The Bertz CT molecular complexity index is 558. The molecule has 7 nitrogen and oxygen atoms in total. The Morgan fingerprint density at radius 1 is 1.21 bits per heavy atom. The third kappa shape index (κ3) is 6.08. The zero-order valence-electron chi connectivity index (χ0n) is 14.5. The predicted octanol–water partition coefficient (Wildman–Crippen LogP) is 1.95. The average molecular weight is 339 g/mol. The first kappa shape index (κ1) is 19.8. The van der Waals surface area contributed by atoms with Gasteiger partial charge in [-0.15, -0.1) is 0 Å². The van der Waals surface area contributed by atoms with Crippen LogP contribution in [-0.2, 0) is 9.53 Å². The number of hydrogen-bond donors (Lipinski definition) is 2. The van der Waals surface area contributed by atoms with Crippen LogP contribution in [-0.4, -0.2) is 50.5 Å². The van der Waals surface area contributed by atoms with E-state index in [0.29, 0.717) is 29.6 Å². The molecular weight excluding hydrogens is 314 g/mol. The molecule has 134 valence electrons. The molecule has 7 heteroatoms. The first-order chi connectivity index (χ1) is 11.4. The van der Waals surface area contributed by atoms with Gasteiger partial charge in [-0.25, -0.2) is 4.79 Å². The van der Waals surface area contributed by atoms with Crippen LogP contribution in [0, 0.1) is 5.92 Å². The second-order valence-corrected chi connectivity index (χ2v) is 5.72. The standard InChI is InChI=1S/C17H25NO6/c1-11(2)10-24-14-6-5-12(9-15(14)23-4)16(19)18-13(17(20)21)7-8-22-3/h5-6,9,11,13H,7-8,10H2,1-4H3,(H,18,19)(H,20,21). The molecule has 0 aliphatic heterocycles. The van der Waals surface area contributed by atoms with Gasteiger partial charge in [0, 0.05) is 25.7 Å². The highest BCUT2D eigenvalue weighted by molar-refractivity contribution is 5.97. The molecule has 0 bridgehead atoms. The number of amides is 1. The fourth-order valence-electron chi connectivity index (χ4n) is 1.92. The van der Waals surface area contributed by atoms with E-state index in [4.69, 9.17) is 19.3 Å². The van der Waals surface area contributed by atoms with Gasteiger partial charge in [0.2, 0.25) is 0 Å². The summed E-state index contributed by atoms with van der Waals surface area (Å²) in [5.41, 5.74) is 0.299. The number of aliphatic carboxylic acids is 1. The SMILES string of the molecule is COCCC(NC(=O)c1ccc(OCC(C)C)c(OC)c1)C(=O)O. The van der Waals surface area contributed by atoms with E-state index in [0.717, 1.165) is 0 Å². The van der Waals surface area contributed by atoms with E-state index in [1.807, 2.05) is 13.8 Å². The first-order valence-electron chi connectivity index (χ1n) is 7.72. The summed E-state index contributed by atoms with van der Waals surface area (Å²) in [4.78, 5) is 23.4. The Morgan fingerprint density at radius 3 is 2.46 bits per heavy atom. The summed E-state index contributed by atoms with van der Waals surface area (Å²) in [6.07, 6.45) is 0.185. The van der Waals surface area contributed by atoms with Crippen LogP contribution in [0.3, 0.4) is 0 Å². The molecule has 0 heterocycles. The number of carboxylic acids is 1. The maximum absolute atomic E-state index is 12.3. The fraction of sp³-hybridized carbons (Fsp3) is 0.529. The molecule has 1 unspecified atom stereocenters. The van der Waals surface area contributed by atoms with Crippen LogP contribution in [0.15, 0.2) is 18.2 Å². The van der Waals surface area contributed by atoms with Gasteiger partial charge in [-0.2, -0.15) is 0 Å². The lowest BCUT2D eigenvalue weighted by Crippen LogP contribution is -2.41. The summed E-state index contributed by atoms with van der Waals surface area (Å²) >= 11 is 0. The third-order valence-corrected chi connectivity index (χ3v) is 3.21. The number of carbonyl (C=O) groups is 2. The van der Waals surface area contributed by atoms with E-state index < -0.39 is 17.9 Å². The molecule has 2 N–H and O–H groups in total. The molecule has 0 aromatic heterocycles. The molecule has 0 saturated heterocycles. The maximum atomic E-state index is 12.3. The molecule has 1 aromatic rings. The van der Waals surface area contributed by atoms with Crippen molar-refractivity contribution in [1.82, 2.24) is 5.32 Å². The number of carbonyl (C=O) groups excluding carboxylic acids is 1. The predicted molar refractivity (Wildman–Crippen MR) is 88.7 cm³/mol. The van der Waals surface area contributed by atoms with Gasteiger partial charge >= 0.3 is 5.97 Å². The van der Waals surface area contributed by atoms with Gasteiger partial charge in [0.05, 0.1) is 13.7 Å². The van der Waals surface area contributed by atoms with Crippen molar-refractivity contribution in [3.63, 3.8) is 0 Å². The second kappa shape index (κ2) is 9.77. The van der Waals surface area contributed by atoms with Crippen LogP contribution < -0.4 is 14.8 Å². The van der Waals surface area contributed by atoms with E-state index in [-0.39, 0.29) is 13.0 Å². The molecule has 0 aliphatic rings. The smallest absolute Gasteiger partial charge is 0.326 e. The molecule has 0 fully saturated rings. The van der Waals surface area contributed by atoms with Crippen LogP contribution in [0.4, 0.5) is 0 Å². The highest BCUT2D eigenvalue weighted by Gasteiger charge is 2.21. The van der Waals surface area contributed by atoms with Gasteiger partial charge in [-0.3, -0.25) is 4.79 Å². The summed E-state index contributed by atoms with van der Waals surface area (Å²) in [7, 11) is 2.96. The van der Waals surface area contributed by atoms with Gasteiger partial charge in [0.15, 0.2) is 11.5 Å². The summed E-state index contributed by atoms with van der Waals surface area (Å²) in [6, 6.07) is 3.73. The number of rotatable bonds is 10. The minimum atomic E-state index is -1.11. The van der Waals surface area contributed by atoms with Gasteiger partial charge < -0.3 is 24.6 Å². The normalized spacial score (nSPS) is 11.9. The van der Waals surface area contributed by atoms with E-state index >= 15 is 0 Å². The lowest BCUT2D eigenvalue weighted by Gasteiger charge is -2.16. The number of hydrogen-bond acceptors (Lipinski definition) is 5. The third-order valence-electron chi connectivity index (χ3n) is 3.21. The largest absolute Gasteiger partial charge is 0.493 e. The molecule has 1 aromatic carbocycles. The zero-order valence-corrected chi connectivity index (χ0v) is 14.5. The van der Waals surface area contributed by atoms with Crippen LogP contribution in [0.5, 0.6) is 11.5 Å². The number of nitrogens with one attached hydrogen (secondary N) is 1. The molecule has 1 amide bonds. The van der Waals surface area contributed by atoms with Crippen molar-refractivity contribution in [2.24, 2.45) is 5.92 Å². The lowest BCUT2D eigenvalue weighted by molar-refractivity contribution is -0.139. The van der Waals surface area contributed by atoms with E-state index in [9.17, 15) is 9.59 Å². The van der Waals surface area contributed by atoms with Gasteiger partial charge in [0.1, 0.15) is 6.04 Å². The minimum absolute atomic E-state index is 0.185. The number of benzene rings is 1. The van der Waals surface area contributed by atoms with Crippen molar-refractivity contribution in [2.75, 3.05) is 27.4 Å². The number of carboxylic acid groups (broad SMARTS) is 1. The fourth-order valence-corrected chi connectivity index (χ4v) is 1.92. The summed E-state index contributed by atoms with van der Waals surface area (Å²) in [5, 5.41) is 11.6. The number of ether oxygens (including phenoxy) is 3. The molecule has 24 heavy (non-hydrogen) atoms. The van der Waals surface area contributed by atoms with Crippen molar-refractivity contribution < 1.29 is 28.9 Å². The van der Waals surface area contributed by atoms with Crippen LogP contribution in [0.2, 0.25) is 0 Å². The van der Waals surface area contributed by atoms with Crippen LogP contribution in [0.1, 0.15) is 30.6 Å². The van der Waals surface area contributed by atoms with E-state index in [2.05, 4.69) is 5.32 Å². The molecular formula is C17H25NO6. The van der Waals surface area contributed by atoms with Crippen LogP contribution >= 0.6 is 0 Å². The number of methoxy groups -OCH3 is 2. The average Bonchev–Trinajstić information content (AvgIpc) is 2.55. The molecule has 0 aliphatic carbocycles. The Balaban J connectivity index is 2.84. The Kier molecular flexibility index (Phi) is 8.05. The topological polar surface area (TPSA) is 94.1 Å². The highest BCUT2D eigenvalue weighted by atomic mass is 16.5. The van der Waals surface area contributed by atoms with Gasteiger partial charge in [-0.05, 0) is 24.1 Å². The first-order valence-corrected chi connectivity index (χ1v) is 7.72. The Labute approximate surface area is 141 Å². The van der Waals surface area contributed by atoms with E-state index in [1.165, 1.54) is 20.3 Å². The maximum Gasteiger partial charge on any atom is 0.326 e. The molecule has 1 atom stereocenters. The zero-order chi connectivity index (χ0) is 18.1. The lowest BCUT2D eigenvalue weighted by atomic mass is 10.1. The van der Waals surface area contributed by atoms with Gasteiger partial charge in [-0.1, -0.05) is 13.8 Å². The second-order valence-electron chi connectivity index (χ2n) is 5.72. The monoisotopic (exact) mass is 339 g/mol. The van der Waals surface area contributed by atoms with Crippen LogP contribution in [0.25, 0.3) is 0 Å². The van der Waals surface area contributed by atoms with Crippen molar-refractivity contribution >= 4 is 11.9 Å².